The maximum atomic E-state index is 11.7. The summed E-state index contributed by atoms with van der Waals surface area (Å²) in [4.78, 5) is 22.4. The van der Waals surface area contributed by atoms with Gasteiger partial charge in [-0.15, -0.1) is 10.2 Å². The van der Waals surface area contributed by atoms with Crippen LogP contribution >= 0.6 is 11.8 Å². The number of carboxylic acids is 1. The zero-order valence-corrected chi connectivity index (χ0v) is 13.4. The van der Waals surface area contributed by atoms with E-state index in [4.69, 9.17) is 5.11 Å². The quantitative estimate of drug-likeness (QED) is 0.667. The molecule has 118 valence electrons. The number of rotatable bonds is 9. The van der Waals surface area contributed by atoms with Crippen LogP contribution in [0.5, 0.6) is 0 Å². The minimum atomic E-state index is -0.899. The lowest BCUT2D eigenvalue weighted by molar-refractivity contribution is -0.134. The molecule has 21 heavy (non-hydrogen) atoms. The standard InChI is InChI=1S/C13H22N4O3S/c1-4-5-10-15-16-13(21-8-12(19)20)17(10)7-6-11(18)14-9(2)3/h9H,4-8H2,1-3H3,(H,14,18)(H,19,20). The number of hydrogen-bond donors (Lipinski definition) is 2. The molecule has 2 N–H and O–H groups in total. The second-order valence-corrected chi connectivity index (χ2v) is 5.90. The lowest BCUT2D eigenvalue weighted by Gasteiger charge is -2.11. The van der Waals surface area contributed by atoms with E-state index in [-0.39, 0.29) is 17.7 Å². The van der Waals surface area contributed by atoms with Crippen molar-refractivity contribution in [1.82, 2.24) is 20.1 Å². The Bertz CT molecular complexity index is 488. The molecule has 7 nitrogen and oxygen atoms in total. The van der Waals surface area contributed by atoms with Crippen LogP contribution in [-0.2, 0) is 22.6 Å². The fourth-order valence-corrected chi connectivity index (χ4v) is 2.50. The summed E-state index contributed by atoms with van der Waals surface area (Å²) in [7, 11) is 0. The van der Waals surface area contributed by atoms with Crippen LogP contribution in [0, 0.1) is 0 Å². The van der Waals surface area contributed by atoms with Crippen LogP contribution in [0.15, 0.2) is 5.16 Å². The molecule has 0 fully saturated rings. The minimum Gasteiger partial charge on any atom is -0.481 e. The van der Waals surface area contributed by atoms with E-state index in [2.05, 4.69) is 15.5 Å². The van der Waals surface area contributed by atoms with Gasteiger partial charge in [-0.25, -0.2) is 0 Å². The van der Waals surface area contributed by atoms with Gasteiger partial charge in [0.2, 0.25) is 5.91 Å². The molecule has 1 amide bonds. The number of nitrogens with zero attached hydrogens (tertiary/aromatic N) is 3. The molecule has 0 aromatic carbocycles. The first-order valence-electron chi connectivity index (χ1n) is 7.00. The van der Waals surface area contributed by atoms with Gasteiger partial charge < -0.3 is 15.0 Å². The Morgan fingerprint density at radius 1 is 1.38 bits per heavy atom. The summed E-state index contributed by atoms with van der Waals surface area (Å²) in [5.41, 5.74) is 0. The molecule has 1 rings (SSSR count). The van der Waals surface area contributed by atoms with Gasteiger partial charge in [0.25, 0.3) is 0 Å². The largest absolute Gasteiger partial charge is 0.481 e. The molecule has 0 radical (unpaired) electrons. The summed E-state index contributed by atoms with van der Waals surface area (Å²) in [6, 6.07) is 0.106. The van der Waals surface area contributed by atoms with Crippen LogP contribution in [0.4, 0.5) is 0 Å². The van der Waals surface area contributed by atoms with Gasteiger partial charge in [0.05, 0.1) is 5.75 Å². The highest BCUT2D eigenvalue weighted by Crippen LogP contribution is 2.18. The Balaban J connectivity index is 2.73. The number of carbonyl (C=O) groups is 2. The van der Waals surface area contributed by atoms with Crippen LogP contribution < -0.4 is 5.32 Å². The Hall–Kier alpha value is -1.57. The van der Waals surface area contributed by atoms with E-state index in [9.17, 15) is 9.59 Å². The molecular formula is C13H22N4O3S. The fraction of sp³-hybridized carbons (Fsp3) is 0.692. The van der Waals surface area contributed by atoms with Crippen molar-refractivity contribution in [3.8, 4) is 0 Å². The molecule has 1 aromatic rings. The molecule has 0 saturated carbocycles. The molecule has 0 spiro atoms. The van der Waals surface area contributed by atoms with Crippen molar-refractivity contribution in [1.29, 1.82) is 0 Å². The smallest absolute Gasteiger partial charge is 0.313 e. The van der Waals surface area contributed by atoms with Crippen LogP contribution in [0.3, 0.4) is 0 Å². The molecule has 1 heterocycles. The van der Waals surface area contributed by atoms with Gasteiger partial charge in [-0.1, -0.05) is 18.7 Å². The zero-order valence-electron chi connectivity index (χ0n) is 12.6. The predicted molar refractivity (Wildman–Crippen MR) is 80.3 cm³/mol. The summed E-state index contributed by atoms with van der Waals surface area (Å²) in [6.45, 7) is 6.32. The molecule has 1 aromatic heterocycles. The number of amides is 1. The highest BCUT2D eigenvalue weighted by molar-refractivity contribution is 7.99. The summed E-state index contributed by atoms with van der Waals surface area (Å²) in [5.74, 6) is -0.204. The van der Waals surface area contributed by atoms with Gasteiger partial charge >= 0.3 is 5.97 Å². The monoisotopic (exact) mass is 314 g/mol. The van der Waals surface area contributed by atoms with Crippen LogP contribution in [0.1, 0.15) is 39.4 Å². The topological polar surface area (TPSA) is 97.1 Å². The van der Waals surface area contributed by atoms with E-state index in [1.165, 1.54) is 0 Å². The number of aliphatic carboxylic acids is 1. The molecule has 0 atom stereocenters. The zero-order chi connectivity index (χ0) is 15.8. The Labute approximate surface area is 128 Å². The number of nitrogens with one attached hydrogen (secondary N) is 1. The van der Waals surface area contributed by atoms with Crippen molar-refractivity contribution in [2.45, 2.75) is 57.8 Å². The second kappa shape index (κ2) is 8.66. The van der Waals surface area contributed by atoms with Crippen molar-refractivity contribution in [2.75, 3.05) is 5.75 Å². The number of aryl methyl sites for hydroxylation is 1. The highest BCUT2D eigenvalue weighted by Gasteiger charge is 2.14. The summed E-state index contributed by atoms with van der Waals surface area (Å²) < 4.78 is 1.84. The Kier molecular flexibility index (Phi) is 7.21. The molecule has 0 unspecified atom stereocenters. The van der Waals surface area contributed by atoms with E-state index in [1.54, 1.807) is 0 Å². The van der Waals surface area contributed by atoms with Gasteiger partial charge in [0, 0.05) is 25.4 Å². The molecule has 0 aliphatic heterocycles. The third kappa shape index (κ3) is 6.16. The van der Waals surface area contributed by atoms with Crippen molar-refractivity contribution in [3.63, 3.8) is 0 Å². The summed E-state index contributed by atoms with van der Waals surface area (Å²) in [6.07, 6.45) is 2.00. The second-order valence-electron chi connectivity index (χ2n) is 4.96. The first kappa shape index (κ1) is 17.5. The van der Waals surface area contributed by atoms with E-state index in [0.717, 1.165) is 30.4 Å². The molecule has 0 saturated heterocycles. The molecule has 0 aliphatic rings. The van der Waals surface area contributed by atoms with Crippen LogP contribution in [0.25, 0.3) is 0 Å². The van der Waals surface area contributed by atoms with Crippen molar-refractivity contribution >= 4 is 23.6 Å². The SMILES string of the molecule is CCCc1nnc(SCC(=O)O)n1CCC(=O)NC(C)C. The first-order chi connectivity index (χ1) is 9.93. The molecular weight excluding hydrogens is 292 g/mol. The number of thioether (sulfide) groups is 1. The lowest BCUT2D eigenvalue weighted by Crippen LogP contribution is -2.30. The first-order valence-corrected chi connectivity index (χ1v) is 7.98. The maximum absolute atomic E-state index is 11.7. The van der Waals surface area contributed by atoms with Gasteiger partial charge in [-0.05, 0) is 20.3 Å². The lowest BCUT2D eigenvalue weighted by atomic mass is 10.3. The molecule has 0 bridgehead atoms. The Morgan fingerprint density at radius 2 is 2.10 bits per heavy atom. The average Bonchev–Trinajstić information content (AvgIpc) is 2.76. The number of hydrogen-bond acceptors (Lipinski definition) is 5. The number of aromatic nitrogens is 3. The number of carbonyl (C=O) groups excluding carboxylic acids is 1. The Morgan fingerprint density at radius 3 is 2.67 bits per heavy atom. The van der Waals surface area contributed by atoms with Crippen molar-refractivity contribution in [2.24, 2.45) is 0 Å². The molecule has 0 aliphatic carbocycles. The normalized spacial score (nSPS) is 10.9. The predicted octanol–water partition coefficient (Wildman–Crippen LogP) is 1.32. The van der Waals surface area contributed by atoms with E-state index < -0.39 is 5.97 Å². The summed E-state index contributed by atoms with van der Waals surface area (Å²) >= 11 is 1.13. The molecule has 8 heteroatoms. The third-order valence-corrected chi connectivity index (χ3v) is 3.56. The van der Waals surface area contributed by atoms with Crippen molar-refractivity contribution < 1.29 is 14.7 Å². The maximum Gasteiger partial charge on any atom is 0.313 e. The van der Waals surface area contributed by atoms with E-state index in [0.29, 0.717) is 18.1 Å². The fourth-order valence-electron chi connectivity index (χ4n) is 1.79. The van der Waals surface area contributed by atoms with Gasteiger partial charge in [0.15, 0.2) is 5.16 Å². The van der Waals surface area contributed by atoms with Gasteiger partial charge in [-0.3, -0.25) is 9.59 Å². The number of carboxylic acid groups (broad SMARTS) is 1. The van der Waals surface area contributed by atoms with E-state index in [1.807, 2.05) is 25.3 Å². The van der Waals surface area contributed by atoms with Crippen molar-refractivity contribution in [3.05, 3.63) is 5.82 Å². The van der Waals surface area contributed by atoms with Gasteiger partial charge in [0.1, 0.15) is 5.82 Å². The highest BCUT2D eigenvalue weighted by atomic mass is 32.2. The van der Waals surface area contributed by atoms with Crippen LogP contribution in [-0.4, -0.2) is 43.5 Å². The third-order valence-electron chi connectivity index (χ3n) is 2.60. The summed E-state index contributed by atoms with van der Waals surface area (Å²) in [5, 5.41) is 20.3. The minimum absolute atomic E-state index is 0.0321. The van der Waals surface area contributed by atoms with Gasteiger partial charge in [-0.2, -0.15) is 0 Å². The average molecular weight is 314 g/mol. The van der Waals surface area contributed by atoms with Crippen LogP contribution in [0.2, 0.25) is 0 Å². The van der Waals surface area contributed by atoms with E-state index >= 15 is 0 Å².